The Hall–Kier alpha value is -3.78. The lowest BCUT2D eigenvalue weighted by Gasteiger charge is -2.17. The zero-order chi connectivity index (χ0) is 23.4. The van der Waals surface area contributed by atoms with Gasteiger partial charge in [-0.05, 0) is 43.2 Å². The van der Waals surface area contributed by atoms with Crippen LogP contribution in [0, 0.1) is 0 Å². The number of fused-ring (bicyclic) bond motifs is 1. The number of benzene rings is 2. The largest absolute Gasteiger partial charge is 0.462 e. The van der Waals surface area contributed by atoms with Crippen LogP contribution in [0.15, 0.2) is 71.8 Å². The summed E-state index contributed by atoms with van der Waals surface area (Å²) >= 11 is 1.44. The van der Waals surface area contributed by atoms with Crippen molar-refractivity contribution < 1.29 is 14.3 Å². The van der Waals surface area contributed by atoms with Gasteiger partial charge in [-0.25, -0.2) is 9.78 Å². The molecule has 1 N–H and O–H groups in total. The van der Waals surface area contributed by atoms with E-state index in [0.717, 1.165) is 10.4 Å². The molecule has 0 aliphatic rings. The fourth-order valence-corrected chi connectivity index (χ4v) is 4.57. The summed E-state index contributed by atoms with van der Waals surface area (Å²) in [6.07, 6.45) is 1.82. The smallest absolute Gasteiger partial charge is 0.338 e. The van der Waals surface area contributed by atoms with Crippen molar-refractivity contribution in [3.63, 3.8) is 0 Å². The highest BCUT2D eigenvalue weighted by atomic mass is 32.1. The monoisotopic (exact) mass is 461 g/mol. The second-order valence-electron chi connectivity index (χ2n) is 7.37. The highest BCUT2D eigenvalue weighted by Gasteiger charge is 2.22. The van der Waals surface area contributed by atoms with E-state index in [9.17, 15) is 14.4 Å². The summed E-state index contributed by atoms with van der Waals surface area (Å²) in [5.74, 6) is -0.821. The van der Waals surface area contributed by atoms with E-state index < -0.39 is 12.0 Å². The number of rotatable bonds is 7. The van der Waals surface area contributed by atoms with Gasteiger partial charge in [0.05, 0.1) is 23.9 Å². The van der Waals surface area contributed by atoms with E-state index in [4.69, 9.17) is 4.74 Å². The van der Waals surface area contributed by atoms with Crippen molar-refractivity contribution in [2.45, 2.75) is 26.3 Å². The highest BCUT2D eigenvalue weighted by molar-refractivity contribution is 7.21. The van der Waals surface area contributed by atoms with Crippen LogP contribution in [-0.4, -0.2) is 28.0 Å². The zero-order valence-corrected chi connectivity index (χ0v) is 19.1. The van der Waals surface area contributed by atoms with Gasteiger partial charge in [0.1, 0.15) is 10.9 Å². The number of aromatic nitrogens is 2. The number of nitrogens with one attached hydrogen (secondary N) is 1. The molecule has 0 aliphatic carbocycles. The van der Waals surface area contributed by atoms with Crippen molar-refractivity contribution in [2.75, 3.05) is 11.9 Å². The van der Waals surface area contributed by atoms with Crippen molar-refractivity contribution in [1.82, 2.24) is 9.55 Å². The molecule has 168 valence electrons. The fourth-order valence-electron chi connectivity index (χ4n) is 3.58. The summed E-state index contributed by atoms with van der Waals surface area (Å²) in [5, 5.41) is 3.29. The summed E-state index contributed by atoms with van der Waals surface area (Å²) in [7, 11) is 0. The van der Waals surface area contributed by atoms with Gasteiger partial charge in [-0.15, -0.1) is 11.3 Å². The van der Waals surface area contributed by atoms with Gasteiger partial charge in [0.15, 0.2) is 0 Å². The van der Waals surface area contributed by atoms with E-state index in [1.807, 2.05) is 43.3 Å². The van der Waals surface area contributed by atoms with Crippen LogP contribution in [0.5, 0.6) is 0 Å². The predicted octanol–water partition coefficient (Wildman–Crippen LogP) is 4.89. The number of carbonyl (C=O) groups is 2. The number of anilines is 1. The number of hydrogen-bond donors (Lipinski definition) is 1. The second-order valence-corrected chi connectivity index (χ2v) is 8.40. The zero-order valence-electron chi connectivity index (χ0n) is 18.3. The Balaban J connectivity index is 1.62. The van der Waals surface area contributed by atoms with Gasteiger partial charge in [0, 0.05) is 10.6 Å². The van der Waals surface area contributed by atoms with Crippen LogP contribution in [0.4, 0.5) is 5.69 Å². The first kappa shape index (κ1) is 22.4. The molecule has 8 heteroatoms. The molecule has 0 spiro atoms. The molecule has 0 saturated heterocycles. The number of esters is 1. The van der Waals surface area contributed by atoms with Crippen molar-refractivity contribution in [3.05, 3.63) is 82.9 Å². The molecule has 1 atom stereocenters. The minimum atomic E-state index is -0.749. The Labute approximate surface area is 194 Å². The minimum absolute atomic E-state index is 0.263. The van der Waals surface area contributed by atoms with Crippen molar-refractivity contribution in [2.24, 2.45) is 0 Å². The lowest BCUT2D eigenvalue weighted by molar-refractivity contribution is -0.119. The summed E-state index contributed by atoms with van der Waals surface area (Å²) in [4.78, 5) is 44.3. The topological polar surface area (TPSA) is 90.3 Å². The molecular weight excluding hydrogens is 438 g/mol. The molecule has 0 aliphatic heterocycles. The number of nitrogens with zero attached hydrogens (tertiary/aromatic N) is 2. The maximum absolute atomic E-state index is 13.2. The number of ether oxygens (including phenoxy) is 1. The molecule has 1 amide bonds. The first-order valence-electron chi connectivity index (χ1n) is 10.7. The highest BCUT2D eigenvalue weighted by Crippen LogP contribution is 2.31. The predicted molar refractivity (Wildman–Crippen MR) is 130 cm³/mol. The number of thiophene rings is 1. The standard InChI is InChI=1S/C25H23N3O4S/c1-3-20(22(29)27-18-12-8-11-17(13-18)25(31)32-4-2)28-15-26-23-19(24(28)30)14-21(33-23)16-9-6-5-7-10-16/h5-15,20H,3-4H2,1-2H3,(H,27,29). The first-order valence-corrected chi connectivity index (χ1v) is 11.5. The van der Waals surface area contributed by atoms with Crippen LogP contribution >= 0.6 is 11.3 Å². The van der Waals surface area contributed by atoms with E-state index in [1.54, 1.807) is 31.2 Å². The van der Waals surface area contributed by atoms with Gasteiger partial charge in [0.2, 0.25) is 5.91 Å². The third kappa shape index (κ3) is 4.70. The summed E-state index contributed by atoms with van der Waals surface area (Å²) < 4.78 is 6.38. The average molecular weight is 462 g/mol. The van der Waals surface area contributed by atoms with Crippen LogP contribution in [0.3, 0.4) is 0 Å². The lowest BCUT2D eigenvalue weighted by Crippen LogP contribution is -2.33. The number of hydrogen-bond acceptors (Lipinski definition) is 6. The van der Waals surface area contributed by atoms with E-state index in [-0.39, 0.29) is 18.1 Å². The Kier molecular flexibility index (Phi) is 6.65. The van der Waals surface area contributed by atoms with Gasteiger partial charge >= 0.3 is 5.97 Å². The molecule has 0 radical (unpaired) electrons. The number of carbonyl (C=O) groups excluding carboxylic acids is 2. The maximum Gasteiger partial charge on any atom is 0.338 e. The third-order valence-electron chi connectivity index (χ3n) is 5.20. The summed E-state index contributed by atoms with van der Waals surface area (Å²) in [6, 6.07) is 17.4. The molecule has 0 bridgehead atoms. The van der Waals surface area contributed by atoms with Gasteiger partial charge in [0.25, 0.3) is 5.56 Å². The van der Waals surface area contributed by atoms with Gasteiger partial charge in [-0.1, -0.05) is 43.3 Å². The van der Waals surface area contributed by atoms with E-state index >= 15 is 0 Å². The molecule has 7 nitrogen and oxygen atoms in total. The normalized spacial score (nSPS) is 11.8. The molecule has 33 heavy (non-hydrogen) atoms. The maximum atomic E-state index is 13.2. The quantitative estimate of drug-likeness (QED) is 0.396. The number of amides is 1. The summed E-state index contributed by atoms with van der Waals surface area (Å²) in [6.45, 7) is 3.83. The molecule has 4 aromatic rings. The minimum Gasteiger partial charge on any atom is -0.462 e. The molecule has 2 aromatic carbocycles. The average Bonchev–Trinajstić information content (AvgIpc) is 3.27. The second kappa shape index (κ2) is 9.79. The Bertz CT molecular complexity index is 1360. The van der Waals surface area contributed by atoms with Gasteiger partial charge in [-0.2, -0.15) is 0 Å². The van der Waals surface area contributed by atoms with Gasteiger partial charge < -0.3 is 10.1 Å². The molecular formula is C25H23N3O4S. The Morgan fingerprint density at radius 1 is 1.09 bits per heavy atom. The summed E-state index contributed by atoms with van der Waals surface area (Å²) in [5.41, 5.74) is 1.54. The fraction of sp³-hybridized carbons (Fsp3) is 0.200. The lowest BCUT2D eigenvalue weighted by atomic mass is 10.1. The Morgan fingerprint density at radius 3 is 2.61 bits per heavy atom. The van der Waals surface area contributed by atoms with Crippen LogP contribution in [0.25, 0.3) is 20.7 Å². The van der Waals surface area contributed by atoms with Crippen LogP contribution in [0.2, 0.25) is 0 Å². The molecule has 1 unspecified atom stereocenters. The van der Waals surface area contributed by atoms with E-state index in [2.05, 4.69) is 10.3 Å². The van der Waals surface area contributed by atoms with E-state index in [1.165, 1.54) is 22.2 Å². The SMILES string of the molecule is CCOC(=O)c1cccc(NC(=O)C(CC)n2cnc3sc(-c4ccccc4)cc3c2=O)c1. The van der Waals surface area contributed by atoms with Gasteiger partial charge in [-0.3, -0.25) is 14.2 Å². The van der Waals surface area contributed by atoms with E-state index in [0.29, 0.717) is 27.9 Å². The van der Waals surface area contributed by atoms with Crippen molar-refractivity contribution >= 4 is 39.1 Å². The Morgan fingerprint density at radius 2 is 1.88 bits per heavy atom. The first-order chi connectivity index (χ1) is 16.0. The van der Waals surface area contributed by atoms with Crippen LogP contribution in [0.1, 0.15) is 36.7 Å². The molecule has 2 aromatic heterocycles. The van der Waals surface area contributed by atoms with Crippen LogP contribution in [-0.2, 0) is 9.53 Å². The molecule has 0 saturated carbocycles. The third-order valence-corrected chi connectivity index (χ3v) is 6.29. The van der Waals surface area contributed by atoms with Crippen LogP contribution < -0.4 is 10.9 Å². The van der Waals surface area contributed by atoms with Crippen molar-refractivity contribution in [3.8, 4) is 10.4 Å². The molecule has 0 fully saturated rings. The van der Waals surface area contributed by atoms with Crippen molar-refractivity contribution in [1.29, 1.82) is 0 Å². The molecule has 4 rings (SSSR count). The molecule has 2 heterocycles.